The Morgan fingerprint density at radius 2 is 2.14 bits per heavy atom. The number of aromatic nitrogens is 2. The number of H-pyrrole nitrogens is 1. The molecule has 0 spiro atoms. The number of nitrogens with zero attached hydrogens (tertiary/aromatic N) is 1. The maximum Gasteiger partial charge on any atom is 0.422 e. The summed E-state index contributed by atoms with van der Waals surface area (Å²) in [6.45, 7) is -0.0969. The number of ether oxygens (including phenoxy) is 1. The lowest BCUT2D eigenvalue weighted by atomic mass is 10.0. The molecule has 0 saturated carbocycles. The van der Waals surface area contributed by atoms with E-state index < -0.39 is 34.9 Å². The molecule has 1 rings (SSSR count). The Bertz CT molecular complexity index is 544. The number of nitrogens with one attached hydrogen (secondary N) is 1. The van der Waals surface area contributed by atoms with Crippen molar-refractivity contribution in [3.8, 4) is 0 Å². The summed E-state index contributed by atoms with van der Waals surface area (Å²) in [5.74, 6) is -1.04. The van der Waals surface area contributed by atoms with Gasteiger partial charge in [0, 0.05) is 18.2 Å². The van der Waals surface area contributed by atoms with Gasteiger partial charge in [-0.1, -0.05) is 0 Å². The Morgan fingerprint density at radius 3 is 2.71 bits per heavy atom. The van der Waals surface area contributed by atoms with Gasteiger partial charge in [-0.25, -0.2) is 5.10 Å². The second-order valence-electron chi connectivity index (χ2n) is 4.18. The zero-order valence-corrected chi connectivity index (χ0v) is 10.8. The van der Waals surface area contributed by atoms with Gasteiger partial charge in [-0.3, -0.25) is 9.59 Å². The summed E-state index contributed by atoms with van der Waals surface area (Å²) in [7, 11) is 0. The molecule has 0 fully saturated rings. The summed E-state index contributed by atoms with van der Waals surface area (Å²) in [6.07, 6.45) is -4.21. The van der Waals surface area contributed by atoms with Gasteiger partial charge < -0.3 is 15.6 Å². The number of hydrogen-bond donors (Lipinski definition) is 3. The van der Waals surface area contributed by atoms with E-state index in [-0.39, 0.29) is 26.1 Å². The Kier molecular flexibility index (Phi) is 5.85. The average molecular weight is 309 g/mol. The molecule has 0 radical (unpaired) electrons. The second kappa shape index (κ2) is 7.18. The smallest absolute Gasteiger partial charge is 0.422 e. The molecule has 1 unspecified atom stereocenters. The van der Waals surface area contributed by atoms with E-state index in [4.69, 9.17) is 15.6 Å². The van der Waals surface area contributed by atoms with Crippen molar-refractivity contribution >= 4 is 5.97 Å². The quantitative estimate of drug-likeness (QED) is 0.637. The Balaban J connectivity index is 2.71. The number of carboxylic acid groups (broad SMARTS) is 1. The van der Waals surface area contributed by atoms with Crippen LogP contribution in [0.25, 0.3) is 0 Å². The van der Waals surface area contributed by atoms with Gasteiger partial charge in [-0.05, 0) is 6.42 Å². The van der Waals surface area contributed by atoms with Crippen LogP contribution in [0.1, 0.15) is 30.0 Å². The fraction of sp³-hybridized carbons (Fsp3) is 0.545. The van der Waals surface area contributed by atoms with Crippen LogP contribution in [0.15, 0.2) is 11.0 Å². The number of halogens is 3. The normalized spacial score (nSPS) is 13.1. The zero-order valence-electron chi connectivity index (χ0n) is 10.8. The minimum absolute atomic E-state index is 0.00612. The van der Waals surface area contributed by atoms with Crippen LogP contribution in [0.5, 0.6) is 0 Å². The molecule has 1 atom stereocenters. The van der Waals surface area contributed by atoms with E-state index in [0.29, 0.717) is 0 Å². The van der Waals surface area contributed by atoms with E-state index in [1.54, 1.807) is 5.10 Å². The van der Waals surface area contributed by atoms with Gasteiger partial charge in [0.25, 0.3) is 5.56 Å². The summed E-state index contributed by atoms with van der Waals surface area (Å²) in [4.78, 5) is 21.5. The number of carbonyl (C=O) groups is 1. The van der Waals surface area contributed by atoms with Gasteiger partial charge in [-0.15, -0.1) is 0 Å². The Labute approximate surface area is 116 Å². The van der Waals surface area contributed by atoms with Crippen LogP contribution >= 0.6 is 0 Å². The van der Waals surface area contributed by atoms with Crippen molar-refractivity contribution < 1.29 is 27.8 Å². The predicted molar refractivity (Wildman–Crippen MR) is 64.5 cm³/mol. The lowest BCUT2D eigenvalue weighted by molar-refractivity contribution is -0.140. The molecule has 21 heavy (non-hydrogen) atoms. The first-order valence-corrected chi connectivity index (χ1v) is 5.93. The molecule has 0 amide bonds. The maximum absolute atomic E-state index is 12.8. The SMILES string of the molecule is NC(CCOCCC(=O)O)c1cn[nH]c(=O)c1C(F)(F)F. The molecular weight excluding hydrogens is 295 g/mol. The van der Waals surface area contributed by atoms with Crippen molar-refractivity contribution in [2.24, 2.45) is 5.73 Å². The first kappa shape index (κ1) is 17.1. The molecule has 0 aliphatic heterocycles. The Morgan fingerprint density at radius 1 is 1.48 bits per heavy atom. The fourth-order valence-electron chi connectivity index (χ4n) is 1.61. The minimum atomic E-state index is -4.84. The molecule has 118 valence electrons. The molecule has 4 N–H and O–H groups in total. The van der Waals surface area contributed by atoms with Crippen LogP contribution in [-0.2, 0) is 15.7 Å². The molecule has 0 saturated heterocycles. The van der Waals surface area contributed by atoms with Crippen LogP contribution in [0.3, 0.4) is 0 Å². The number of alkyl halides is 3. The third-order valence-corrected chi connectivity index (χ3v) is 2.60. The minimum Gasteiger partial charge on any atom is -0.481 e. The molecule has 1 heterocycles. The molecular formula is C11H14F3N3O4. The average Bonchev–Trinajstić information content (AvgIpc) is 2.35. The second-order valence-corrected chi connectivity index (χ2v) is 4.18. The molecule has 0 bridgehead atoms. The topological polar surface area (TPSA) is 118 Å². The van der Waals surface area contributed by atoms with Gasteiger partial charge in [-0.2, -0.15) is 18.3 Å². The van der Waals surface area contributed by atoms with Gasteiger partial charge >= 0.3 is 12.1 Å². The highest BCUT2D eigenvalue weighted by atomic mass is 19.4. The number of carboxylic acids is 1. The van der Waals surface area contributed by atoms with E-state index in [2.05, 4.69) is 5.10 Å². The van der Waals surface area contributed by atoms with Crippen LogP contribution in [-0.4, -0.2) is 34.5 Å². The first-order valence-electron chi connectivity index (χ1n) is 5.93. The third-order valence-electron chi connectivity index (χ3n) is 2.60. The molecule has 0 aliphatic carbocycles. The van der Waals surface area contributed by atoms with Gasteiger partial charge in [0.1, 0.15) is 5.56 Å². The number of aromatic amines is 1. The highest BCUT2D eigenvalue weighted by molar-refractivity contribution is 5.66. The lowest BCUT2D eigenvalue weighted by Crippen LogP contribution is -2.28. The standard InChI is InChI=1S/C11H14F3N3O4/c12-11(13,14)9-6(5-16-17-10(9)20)7(15)1-3-21-4-2-8(18)19/h5,7H,1-4,15H2,(H,17,20)(H,18,19). The van der Waals surface area contributed by atoms with E-state index in [1.807, 2.05) is 0 Å². The van der Waals surface area contributed by atoms with Gasteiger partial charge in [0.05, 0.1) is 19.2 Å². The highest BCUT2D eigenvalue weighted by Crippen LogP contribution is 2.31. The van der Waals surface area contributed by atoms with Gasteiger partial charge in [0.2, 0.25) is 0 Å². The number of nitrogens with two attached hydrogens (primary N) is 1. The largest absolute Gasteiger partial charge is 0.481 e. The van der Waals surface area contributed by atoms with Crippen molar-refractivity contribution in [3.05, 3.63) is 27.7 Å². The zero-order chi connectivity index (χ0) is 16.0. The number of hydrogen-bond acceptors (Lipinski definition) is 5. The maximum atomic E-state index is 12.8. The van der Waals surface area contributed by atoms with E-state index >= 15 is 0 Å². The molecule has 0 aromatic carbocycles. The van der Waals surface area contributed by atoms with E-state index in [9.17, 15) is 22.8 Å². The Hall–Kier alpha value is -1.94. The molecule has 1 aromatic heterocycles. The van der Waals surface area contributed by atoms with Crippen LogP contribution in [0.2, 0.25) is 0 Å². The van der Waals surface area contributed by atoms with Crippen LogP contribution in [0, 0.1) is 0 Å². The predicted octanol–water partition coefficient (Wildman–Crippen LogP) is 0.670. The summed E-state index contributed by atoms with van der Waals surface area (Å²) >= 11 is 0. The summed E-state index contributed by atoms with van der Waals surface area (Å²) in [6, 6.07) is -1.10. The molecule has 10 heteroatoms. The van der Waals surface area contributed by atoms with Crippen molar-refractivity contribution in [2.75, 3.05) is 13.2 Å². The molecule has 7 nitrogen and oxygen atoms in total. The summed E-state index contributed by atoms with van der Waals surface area (Å²) in [5.41, 5.74) is 2.45. The van der Waals surface area contributed by atoms with Crippen molar-refractivity contribution in [2.45, 2.75) is 25.1 Å². The number of rotatable bonds is 7. The van der Waals surface area contributed by atoms with Crippen molar-refractivity contribution in [1.29, 1.82) is 0 Å². The van der Waals surface area contributed by atoms with E-state index in [1.165, 1.54) is 0 Å². The van der Waals surface area contributed by atoms with Crippen LogP contribution in [0.4, 0.5) is 13.2 Å². The fourth-order valence-corrected chi connectivity index (χ4v) is 1.61. The number of aliphatic carboxylic acids is 1. The van der Waals surface area contributed by atoms with E-state index in [0.717, 1.165) is 6.20 Å². The van der Waals surface area contributed by atoms with Crippen molar-refractivity contribution in [3.63, 3.8) is 0 Å². The summed E-state index contributed by atoms with van der Waals surface area (Å²) in [5, 5.41) is 13.4. The summed E-state index contributed by atoms with van der Waals surface area (Å²) < 4.78 is 43.3. The van der Waals surface area contributed by atoms with Crippen molar-refractivity contribution in [1.82, 2.24) is 10.2 Å². The molecule has 0 aliphatic rings. The third kappa shape index (κ3) is 5.16. The van der Waals surface area contributed by atoms with Gasteiger partial charge in [0.15, 0.2) is 0 Å². The molecule has 1 aromatic rings. The lowest BCUT2D eigenvalue weighted by Gasteiger charge is -2.16. The highest BCUT2D eigenvalue weighted by Gasteiger charge is 2.38. The van der Waals surface area contributed by atoms with Crippen LogP contribution < -0.4 is 11.3 Å². The first-order chi connectivity index (χ1) is 9.73. The monoisotopic (exact) mass is 309 g/mol.